The van der Waals surface area contributed by atoms with Crippen LogP contribution in [0.5, 0.6) is 0 Å². The van der Waals surface area contributed by atoms with Gasteiger partial charge in [-0.1, -0.05) is 0 Å². The number of aromatic nitrogens is 1. The molecule has 16 heavy (non-hydrogen) atoms. The van der Waals surface area contributed by atoms with Crippen molar-refractivity contribution >= 4 is 17.7 Å². The highest BCUT2D eigenvalue weighted by Gasteiger charge is 2.10. The van der Waals surface area contributed by atoms with Gasteiger partial charge >= 0.3 is 0 Å². The Kier molecular flexibility index (Phi) is 5.88. The van der Waals surface area contributed by atoms with E-state index in [0.29, 0.717) is 18.8 Å². The van der Waals surface area contributed by atoms with E-state index in [2.05, 4.69) is 4.98 Å². The van der Waals surface area contributed by atoms with Crippen LogP contribution in [0.15, 0.2) is 29.4 Å². The third kappa shape index (κ3) is 4.20. The van der Waals surface area contributed by atoms with Crippen molar-refractivity contribution < 1.29 is 9.90 Å². The van der Waals surface area contributed by atoms with Crippen LogP contribution in [0, 0.1) is 0 Å². The summed E-state index contributed by atoms with van der Waals surface area (Å²) >= 11 is 1.49. The minimum atomic E-state index is 0.0134. The van der Waals surface area contributed by atoms with Gasteiger partial charge in [0.2, 0.25) is 5.91 Å². The number of amides is 1. The number of aliphatic hydroxyl groups excluding tert-OH is 1. The van der Waals surface area contributed by atoms with Crippen LogP contribution in [0.4, 0.5) is 0 Å². The number of thioether (sulfide) groups is 1. The van der Waals surface area contributed by atoms with Gasteiger partial charge in [-0.3, -0.25) is 9.78 Å². The molecule has 0 aliphatic carbocycles. The van der Waals surface area contributed by atoms with E-state index in [-0.39, 0.29) is 12.5 Å². The number of carbonyl (C=O) groups is 1. The molecule has 1 amide bonds. The molecule has 88 valence electrons. The number of hydrogen-bond donors (Lipinski definition) is 1. The Bertz CT molecular complexity index is 319. The van der Waals surface area contributed by atoms with Crippen molar-refractivity contribution in [2.24, 2.45) is 0 Å². The predicted octanol–water partition coefficient (Wildman–Crippen LogP) is 1.01. The van der Waals surface area contributed by atoms with Crippen molar-refractivity contribution in [3.05, 3.63) is 24.5 Å². The van der Waals surface area contributed by atoms with E-state index in [4.69, 9.17) is 5.11 Å². The Labute approximate surface area is 99.7 Å². The van der Waals surface area contributed by atoms with E-state index >= 15 is 0 Å². The van der Waals surface area contributed by atoms with E-state index in [9.17, 15) is 4.79 Å². The van der Waals surface area contributed by atoms with Gasteiger partial charge in [0, 0.05) is 30.4 Å². The fourth-order valence-electron chi connectivity index (χ4n) is 1.25. The molecule has 1 N–H and O–H groups in total. The predicted molar refractivity (Wildman–Crippen MR) is 64.3 cm³/mol. The molecule has 0 unspecified atom stereocenters. The Hall–Kier alpha value is -1.07. The lowest BCUT2D eigenvalue weighted by atomic mass is 10.5. The van der Waals surface area contributed by atoms with Gasteiger partial charge < -0.3 is 10.0 Å². The molecule has 0 radical (unpaired) electrons. The van der Waals surface area contributed by atoms with E-state index in [1.165, 1.54) is 11.8 Å². The van der Waals surface area contributed by atoms with E-state index in [1.807, 2.05) is 19.1 Å². The third-order valence-electron chi connectivity index (χ3n) is 2.12. The highest BCUT2D eigenvalue weighted by molar-refractivity contribution is 8.00. The minimum absolute atomic E-state index is 0.0134. The maximum Gasteiger partial charge on any atom is 0.233 e. The lowest BCUT2D eigenvalue weighted by Crippen LogP contribution is -2.34. The summed E-state index contributed by atoms with van der Waals surface area (Å²) in [6.45, 7) is 2.96. The number of rotatable bonds is 6. The number of aliphatic hydroxyl groups is 1. The summed E-state index contributed by atoms with van der Waals surface area (Å²) in [7, 11) is 0. The standard InChI is InChI=1S/C11H16N2O2S/c1-2-13(7-8-14)11(15)9-16-10-3-5-12-6-4-10/h3-6,14H,2,7-9H2,1H3. The summed E-state index contributed by atoms with van der Waals surface area (Å²) in [6.07, 6.45) is 3.41. The molecule has 0 saturated heterocycles. The number of likely N-dealkylation sites (N-methyl/N-ethyl adjacent to an activating group) is 1. The van der Waals surface area contributed by atoms with E-state index in [1.54, 1.807) is 17.3 Å². The van der Waals surface area contributed by atoms with Gasteiger partial charge in [0.15, 0.2) is 0 Å². The van der Waals surface area contributed by atoms with Crippen LogP contribution in [0.3, 0.4) is 0 Å². The zero-order chi connectivity index (χ0) is 11.8. The Morgan fingerprint density at radius 2 is 2.19 bits per heavy atom. The molecule has 0 spiro atoms. The largest absolute Gasteiger partial charge is 0.395 e. The van der Waals surface area contributed by atoms with Crippen molar-refractivity contribution in [1.82, 2.24) is 9.88 Å². The minimum Gasteiger partial charge on any atom is -0.395 e. The highest BCUT2D eigenvalue weighted by Crippen LogP contribution is 2.16. The molecule has 1 heterocycles. The monoisotopic (exact) mass is 240 g/mol. The van der Waals surface area contributed by atoms with E-state index in [0.717, 1.165) is 4.90 Å². The Morgan fingerprint density at radius 1 is 1.50 bits per heavy atom. The third-order valence-corrected chi connectivity index (χ3v) is 3.11. The second-order valence-electron chi connectivity index (χ2n) is 3.17. The molecule has 0 aromatic carbocycles. The number of hydrogen-bond acceptors (Lipinski definition) is 4. The van der Waals surface area contributed by atoms with Gasteiger partial charge in [-0.15, -0.1) is 11.8 Å². The average molecular weight is 240 g/mol. The molecule has 5 heteroatoms. The first kappa shape index (κ1) is 13.0. The first-order valence-corrected chi connectivity index (χ1v) is 6.18. The second-order valence-corrected chi connectivity index (χ2v) is 4.22. The smallest absolute Gasteiger partial charge is 0.233 e. The number of nitrogens with zero attached hydrogens (tertiary/aromatic N) is 2. The van der Waals surface area contributed by atoms with Crippen LogP contribution < -0.4 is 0 Å². The van der Waals surface area contributed by atoms with E-state index < -0.39 is 0 Å². The molecule has 0 fully saturated rings. The second kappa shape index (κ2) is 7.24. The summed E-state index contributed by atoms with van der Waals surface area (Å²) in [6, 6.07) is 3.75. The summed E-state index contributed by atoms with van der Waals surface area (Å²) in [4.78, 5) is 18.3. The van der Waals surface area contributed by atoms with Crippen molar-refractivity contribution in [2.75, 3.05) is 25.4 Å². The lowest BCUT2D eigenvalue weighted by Gasteiger charge is -2.19. The van der Waals surface area contributed by atoms with Gasteiger partial charge in [-0.25, -0.2) is 0 Å². The zero-order valence-corrected chi connectivity index (χ0v) is 10.1. The van der Waals surface area contributed by atoms with Gasteiger partial charge in [-0.2, -0.15) is 0 Å². The summed E-state index contributed by atoms with van der Waals surface area (Å²) < 4.78 is 0. The number of carbonyl (C=O) groups excluding carboxylic acids is 1. The number of pyridine rings is 1. The molecule has 0 aliphatic heterocycles. The van der Waals surface area contributed by atoms with Crippen LogP contribution in [0.1, 0.15) is 6.92 Å². The molecule has 0 bridgehead atoms. The first-order chi connectivity index (χ1) is 7.77. The van der Waals surface area contributed by atoms with Crippen LogP contribution in [-0.4, -0.2) is 46.3 Å². The fraction of sp³-hybridized carbons (Fsp3) is 0.455. The van der Waals surface area contributed by atoms with Gasteiger partial charge in [0.25, 0.3) is 0 Å². The zero-order valence-electron chi connectivity index (χ0n) is 9.30. The van der Waals surface area contributed by atoms with Crippen LogP contribution >= 0.6 is 11.8 Å². The van der Waals surface area contributed by atoms with Gasteiger partial charge in [0.05, 0.1) is 12.4 Å². The van der Waals surface area contributed by atoms with Crippen molar-refractivity contribution in [3.63, 3.8) is 0 Å². The average Bonchev–Trinajstić information content (AvgIpc) is 2.34. The maximum absolute atomic E-state index is 11.7. The SMILES string of the molecule is CCN(CCO)C(=O)CSc1ccncc1. The summed E-state index contributed by atoms with van der Waals surface area (Å²) in [5.41, 5.74) is 0. The van der Waals surface area contributed by atoms with Crippen LogP contribution in [0.2, 0.25) is 0 Å². The quantitative estimate of drug-likeness (QED) is 0.754. The Balaban J connectivity index is 2.40. The molecular formula is C11H16N2O2S. The fourth-order valence-corrected chi connectivity index (χ4v) is 2.04. The van der Waals surface area contributed by atoms with Crippen LogP contribution in [0.25, 0.3) is 0 Å². The van der Waals surface area contributed by atoms with Crippen LogP contribution in [-0.2, 0) is 4.79 Å². The van der Waals surface area contributed by atoms with Gasteiger partial charge in [0.1, 0.15) is 0 Å². The molecule has 1 aromatic rings. The maximum atomic E-state index is 11.7. The topological polar surface area (TPSA) is 53.4 Å². The van der Waals surface area contributed by atoms with Crippen molar-refractivity contribution in [2.45, 2.75) is 11.8 Å². The van der Waals surface area contributed by atoms with Crippen molar-refractivity contribution in [3.8, 4) is 0 Å². The van der Waals surface area contributed by atoms with Crippen molar-refractivity contribution in [1.29, 1.82) is 0 Å². The molecule has 0 saturated carbocycles. The highest BCUT2D eigenvalue weighted by atomic mass is 32.2. The Morgan fingerprint density at radius 3 is 2.75 bits per heavy atom. The molecule has 1 rings (SSSR count). The molecule has 1 aromatic heterocycles. The first-order valence-electron chi connectivity index (χ1n) is 5.19. The lowest BCUT2D eigenvalue weighted by molar-refractivity contribution is -0.128. The van der Waals surface area contributed by atoms with Gasteiger partial charge in [-0.05, 0) is 19.1 Å². The molecule has 0 aliphatic rings. The summed E-state index contributed by atoms with van der Waals surface area (Å²) in [5.74, 6) is 0.455. The summed E-state index contributed by atoms with van der Waals surface area (Å²) in [5, 5.41) is 8.79. The molecule has 0 atom stereocenters. The molecular weight excluding hydrogens is 224 g/mol. The normalized spacial score (nSPS) is 10.1. The molecule has 4 nitrogen and oxygen atoms in total.